The molecule has 0 saturated carbocycles. The van der Waals surface area contributed by atoms with Crippen LogP contribution in [0.4, 0.5) is 11.5 Å². The number of hydrogen-bond acceptors (Lipinski definition) is 6. The van der Waals surface area contributed by atoms with E-state index in [2.05, 4.69) is 25.3 Å². The van der Waals surface area contributed by atoms with Crippen LogP contribution in [-0.4, -0.2) is 44.8 Å². The van der Waals surface area contributed by atoms with E-state index < -0.39 is 0 Å². The Labute approximate surface area is 170 Å². The quantitative estimate of drug-likeness (QED) is 0.483. The molecule has 1 aliphatic carbocycles. The van der Waals surface area contributed by atoms with E-state index in [1.807, 2.05) is 18.2 Å². The molecule has 3 N–H and O–H groups in total. The molecule has 1 aromatic carbocycles. The van der Waals surface area contributed by atoms with E-state index >= 15 is 0 Å². The van der Waals surface area contributed by atoms with E-state index in [0.29, 0.717) is 12.2 Å². The molecule has 4 aromatic rings. The largest absolute Gasteiger partial charge is 0.349 e. The summed E-state index contributed by atoms with van der Waals surface area (Å²) < 4.78 is 0.887. The summed E-state index contributed by atoms with van der Waals surface area (Å²) in [5, 5.41) is 4.31. The lowest BCUT2D eigenvalue weighted by molar-refractivity contribution is -0.133. The number of hydrogen-bond donors (Lipinski definition) is 3. The predicted molar refractivity (Wildman–Crippen MR) is 114 cm³/mol. The second-order valence-electron chi connectivity index (χ2n) is 7.55. The summed E-state index contributed by atoms with van der Waals surface area (Å²) in [6.45, 7) is 0. The predicted octanol–water partition coefficient (Wildman–Crippen LogP) is 2.80. The van der Waals surface area contributed by atoms with Crippen LogP contribution in [0.1, 0.15) is 17.7 Å². The van der Waals surface area contributed by atoms with Gasteiger partial charge in [-0.2, -0.15) is 0 Å². The fraction of sp³-hybridized carbons (Fsp3) is 0.300. The maximum Gasteiger partial charge on any atom is 0.305 e. The smallest absolute Gasteiger partial charge is 0.305 e. The van der Waals surface area contributed by atoms with Crippen molar-refractivity contribution >= 4 is 50.0 Å². The SMILES string of the molecule is CN(C)C(=O)C1CCc2[nH]c3ncnc(Nc4ccc5[nH]c(=O)sc5c4)c3c2C1. The van der Waals surface area contributed by atoms with Crippen molar-refractivity contribution in [1.82, 2.24) is 24.8 Å². The van der Waals surface area contributed by atoms with Crippen molar-refractivity contribution in [3.63, 3.8) is 0 Å². The third kappa shape index (κ3) is 3.07. The number of thiazole rings is 1. The zero-order valence-corrected chi connectivity index (χ0v) is 16.9. The van der Waals surface area contributed by atoms with Gasteiger partial charge in [0.25, 0.3) is 0 Å². The van der Waals surface area contributed by atoms with E-state index in [-0.39, 0.29) is 16.7 Å². The van der Waals surface area contributed by atoms with Crippen LogP contribution in [0.2, 0.25) is 0 Å². The van der Waals surface area contributed by atoms with Gasteiger partial charge in [0.15, 0.2) is 0 Å². The van der Waals surface area contributed by atoms with Gasteiger partial charge in [-0.05, 0) is 43.0 Å². The lowest BCUT2D eigenvalue weighted by atomic mass is 9.85. The second-order valence-corrected chi connectivity index (χ2v) is 8.57. The van der Waals surface area contributed by atoms with Gasteiger partial charge >= 0.3 is 4.87 Å². The fourth-order valence-electron chi connectivity index (χ4n) is 4.07. The number of carbonyl (C=O) groups is 1. The van der Waals surface area contributed by atoms with E-state index in [9.17, 15) is 9.59 Å². The highest BCUT2D eigenvalue weighted by Gasteiger charge is 2.29. The number of carbonyl (C=O) groups excluding carboxylic acids is 1. The summed E-state index contributed by atoms with van der Waals surface area (Å²) in [7, 11) is 3.60. The molecule has 1 aliphatic rings. The Balaban J connectivity index is 1.55. The highest BCUT2D eigenvalue weighted by molar-refractivity contribution is 7.16. The van der Waals surface area contributed by atoms with Gasteiger partial charge in [0, 0.05) is 31.4 Å². The number of aromatic nitrogens is 4. The van der Waals surface area contributed by atoms with Crippen LogP contribution < -0.4 is 10.2 Å². The molecule has 0 bridgehead atoms. The number of nitrogens with zero attached hydrogens (tertiary/aromatic N) is 3. The summed E-state index contributed by atoms with van der Waals surface area (Å²) in [6.07, 6.45) is 3.85. The first-order valence-corrected chi connectivity index (χ1v) is 10.3. The molecule has 8 nitrogen and oxygen atoms in total. The third-order valence-electron chi connectivity index (χ3n) is 5.45. The summed E-state index contributed by atoms with van der Waals surface area (Å²) >= 11 is 1.18. The lowest BCUT2D eigenvalue weighted by Crippen LogP contribution is -2.33. The monoisotopic (exact) mass is 408 g/mol. The number of aromatic amines is 2. The van der Waals surface area contributed by atoms with Crippen LogP contribution in [0.25, 0.3) is 21.3 Å². The topological polar surface area (TPSA) is 107 Å². The molecule has 9 heteroatoms. The van der Waals surface area contributed by atoms with Crippen molar-refractivity contribution in [1.29, 1.82) is 0 Å². The average molecular weight is 408 g/mol. The van der Waals surface area contributed by atoms with Crippen molar-refractivity contribution in [2.45, 2.75) is 19.3 Å². The van der Waals surface area contributed by atoms with Gasteiger partial charge in [-0.1, -0.05) is 11.3 Å². The van der Waals surface area contributed by atoms with Crippen molar-refractivity contribution in [3.05, 3.63) is 45.5 Å². The average Bonchev–Trinajstić information content (AvgIpc) is 3.26. The molecule has 1 amide bonds. The number of aryl methyl sites for hydroxylation is 1. The van der Waals surface area contributed by atoms with E-state index in [1.165, 1.54) is 17.7 Å². The maximum atomic E-state index is 12.5. The van der Waals surface area contributed by atoms with Gasteiger partial charge in [0.2, 0.25) is 5.91 Å². The van der Waals surface area contributed by atoms with Crippen LogP contribution in [0, 0.1) is 5.92 Å². The van der Waals surface area contributed by atoms with Crippen molar-refractivity contribution in [3.8, 4) is 0 Å². The van der Waals surface area contributed by atoms with Crippen molar-refractivity contribution in [2.24, 2.45) is 5.92 Å². The Morgan fingerprint density at radius 1 is 1.28 bits per heavy atom. The van der Waals surface area contributed by atoms with Gasteiger partial charge in [-0.15, -0.1) is 0 Å². The van der Waals surface area contributed by atoms with Crippen molar-refractivity contribution < 1.29 is 4.79 Å². The zero-order chi connectivity index (χ0) is 20.1. The summed E-state index contributed by atoms with van der Waals surface area (Å²) in [5.41, 5.74) is 4.69. The Bertz CT molecular complexity index is 1300. The minimum Gasteiger partial charge on any atom is -0.349 e. The molecule has 0 aliphatic heterocycles. The Morgan fingerprint density at radius 3 is 2.97 bits per heavy atom. The minimum absolute atomic E-state index is 0.0296. The molecule has 0 radical (unpaired) electrons. The molecule has 1 unspecified atom stereocenters. The van der Waals surface area contributed by atoms with Crippen LogP contribution >= 0.6 is 11.3 Å². The summed E-state index contributed by atoms with van der Waals surface area (Å²) in [6, 6.07) is 5.73. The molecule has 0 fully saturated rings. The first-order valence-electron chi connectivity index (χ1n) is 9.45. The Kier molecular flexibility index (Phi) is 4.13. The molecule has 0 spiro atoms. The van der Waals surface area contributed by atoms with Crippen LogP contribution in [-0.2, 0) is 17.6 Å². The lowest BCUT2D eigenvalue weighted by Gasteiger charge is -2.24. The highest BCUT2D eigenvalue weighted by Crippen LogP contribution is 2.35. The first kappa shape index (κ1) is 17.9. The van der Waals surface area contributed by atoms with Gasteiger partial charge in [-0.25, -0.2) is 9.97 Å². The zero-order valence-electron chi connectivity index (χ0n) is 16.1. The van der Waals surface area contributed by atoms with Crippen LogP contribution in [0.15, 0.2) is 29.3 Å². The minimum atomic E-state index is -0.0714. The number of rotatable bonds is 3. The van der Waals surface area contributed by atoms with E-state index in [0.717, 1.165) is 51.0 Å². The third-order valence-corrected chi connectivity index (χ3v) is 6.29. The van der Waals surface area contributed by atoms with Crippen LogP contribution in [0.5, 0.6) is 0 Å². The normalized spacial score (nSPS) is 16.1. The Hall–Kier alpha value is -3.20. The molecule has 3 heterocycles. The van der Waals surface area contributed by atoms with Gasteiger partial charge in [-0.3, -0.25) is 9.59 Å². The molecule has 148 valence electrons. The van der Waals surface area contributed by atoms with Gasteiger partial charge in [0.1, 0.15) is 17.8 Å². The van der Waals surface area contributed by atoms with E-state index in [1.54, 1.807) is 19.0 Å². The second kappa shape index (κ2) is 6.70. The van der Waals surface area contributed by atoms with Crippen LogP contribution in [0.3, 0.4) is 0 Å². The Morgan fingerprint density at radius 2 is 2.14 bits per heavy atom. The standard InChI is InChI=1S/C20H20N6O2S/c1-26(2)19(27)10-3-5-13-12(7-10)16-17(21-9-22-18(16)24-13)23-11-4-6-14-15(8-11)29-20(28)25-14/h4,6,8-10H,3,5,7H2,1-2H3,(H,25,28)(H2,21,22,23,24). The highest BCUT2D eigenvalue weighted by atomic mass is 32.1. The molecule has 5 rings (SSSR count). The molecule has 29 heavy (non-hydrogen) atoms. The number of H-pyrrole nitrogens is 2. The van der Waals surface area contributed by atoms with Crippen molar-refractivity contribution in [2.75, 3.05) is 19.4 Å². The van der Waals surface area contributed by atoms with E-state index in [4.69, 9.17) is 0 Å². The number of amides is 1. The number of benzene rings is 1. The molecule has 3 aromatic heterocycles. The number of nitrogens with one attached hydrogen (secondary N) is 3. The van der Waals surface area contributed by atoms with Gasteiger partial charge in [0.05, 0.1) is 15.6 Å². The fourth-order valence-corrected chi connectivity index (χ4v) is 4.85. The van der Waals surface area contributed by atoms with Gasteiger partial charge < -0.3 is 20.2 Å². The first-order chi connectivity index (χ1) is 14.0. The number of anilines is 2. The summed E-state index contributed by atoms with van der Waals surface area (Å²) in [4.78, 5) is 40.8. The molecule has 1 atom stereocenters. The number of fused-ring (bicyclic) bond motifs is 4. The molecule has 0 saturated heterocycles. The summed E-state index contributed by atoms with van der Waals surface area (Å²) in [5.74, 6) is 0.829. The maximum absolute atomic E-state index is 12.5. The molecular weight excluding hydrogens is 388 g/mol. The molecular formula is C20H20N6O2S.